The van der Waals surface area contributed by atoms with Crippen LogP contribution in [0, 0.1) is 12.8 Å². The summed E-state index contributed by atoms with van der Waals surface area (Å²) in [6, 6.07) is 0. The highest BCUT2D eigenvalue weighted by Gasteiger charge is 2.35. The first-order valence-electron chi connectivity index (χ1n) is 6.16. The first-order valence-corrected chi connectivity index (χ1v) is 7.60. The Morgan fingerprint density at radius 3 is 2.63 bits per heavy atom. The number of nitrogens with one attached hydrogen (secondary N) is 1. The number of aromatic nitrogens is 2. The Balaban J connectivity index is 2.40. The summed E-state index contributed by atoms with van der Waals surface area (Å²) in [5, 5.41) is 14.8. The second kappa shape index (κ2) is 4.93. The number of H-pyrrole nitrogens is 1. The van der Waals surface area contributed by atoms with Gasteiger partial charge in [0.2, 0.25) is 5.03 Å². The molecule has 1 saturated carbocycles. The lowest BCUT2D eigenvalue weighted by atomic mass is 10.3. The number of carbonyl (C=O) groups is 1. The number of hydrogen-bond donors (Lipinski definition) is 2. The molecule has 0 spiro atoms. The van der Waals surface area contributed by atoms with E-state index in [9.17, 15) is 13.2 Å². The van der Waals surface area contributed by atoms with Gasteiger partial charge in [0.15, 0.2) is 0 Å². The molecule has 2 N–H and O–H groups in total. The quantitative estimate of drug-likeness (QED) is 0.806. The lowest BCUT2D eigenvalue weighted by Gasteiger charge is -2.19. The van der Waals surface area contributed by atoms with E-state index in [-0.39, 0.29) is 16.3 Å². The van der Waals surface area contributed by atoms with E-state index < -0.39 is 16.0 Å². The minimum atomic E-state index is -3.85. The van der Waals surface area contributed by atoms with E-state index in [0.29, 0.717) is 19.0 Å². The number of hydrogen-bond acceptors (Lipinski definition) is 4. The summed E-state index contributed by atoms with van der Waals surface area (Å²) in [5.41, 5.74) is -0.0252. The summed E-state index contributed by atoms with van der Waals surface area (Å²) in [6.45, 7) is 3.97. The van der Waals surface area contributed by atoms with E-state index in [2.05, 4.69) is 10.2 Å². The van der Waals surface area contributed by atoms with Gasteiger partial charge in [-0.3, -0.25) is 5.10 Å². The Hall–Kier alpha value is -1.41. The molecule has 1 heterocycles. The summed E-state index contributed by atoms with van der Waals surface area (Å²) >= 11 is 0. The van der Waals surface area contributed by atoms with Gasteiger partial charge in [0.1, 0.15) is 5.56 Å². The fourth-order valence-electron chi connectivity index (χ4n) is 1.95. The van der Waals surface area contributed by atoms with E-state index in [1.54, 1.807) is 6.92 Å². The average molecular weight is 287 g/mol. The van der Waals surface area contributed by atoms with Crippen LogP contribution in [0.25, 0.3) is 0 Å². The summed E-state index contributed by atoms with van der Waals surface area (Å²) < 4.78 is 26.2. The van der Waals surface area contributed by atoms with Crippen LogP contribution in [0.15, 0.2) is 5.03 Å². The summed E-state index contributed by atoms with van der Waals surface area (Å²) in [5.74, 6) is -0.893. The van der Waals surface area contributed by atoms with Gasteiger partial charge in [-0.15, -0.1) is 0 Å². The van der Waals surface area contributed by atoms with Gasteiger partial charge in [-0.25, -0.2) is 13.2 Å². The third kappa shape index (κ3) is 2.64. The molecule has 0 amide bonds. The zero-order valence-electron chi connectivity index (χ0n) is 10.9. The molecule has 19 heavy (non-hydrogen) atoms. The van der Waals surface area contributed by atoms with Crippen molar-refractivity contribution in [1.82, 2.24) is 14.5 Å². The van der Waals surface area contributed by atoms with Crippen molar-refractivity contribution in [3.8, 4) is 0 Å². The molecule has 1 aliphatic carbocycles. The highest BCUT2D eigenvalue weighted by molar-refractivity contribution is 7.89. The van der Waals surface area contributed by atoms with Crippen molar-refractivity contribution >= 4 is 16.0 Å². The van der Waals surface area contributed by atoms with Crippen LogP contribution in [-0.4, -0.2) is 47.1 Å². The van der Waals surface area contributed by atoms with Crippen LogP contribution in [0.2, 0.25) is 0 Å². The molecule has 1 aromatic heterocycles. The van der Waals surface area contributed by atoms with Crippen molar-refractivity contribution < 1.29 is 18.3 Å². The van der Waals surface area contributed by atoms with E-state index in [1.807, 2.05) is 0 Å². The Kier molecular flexibility index (Phi) is 3.64. The van der Waals surface area contributed by atoms with Gasteiger partial charge in [0.05, 0.1) is 0 Å². The smallest absolute Gasteiger partial charge is 0.340 e. The second-order valence-corrected chi connectivity index (χ2v) is 6.59. The topological polar surface area (TPSA) is 103 Å². The average Bonchev–Trinajstić information content (AvgIpc) is 3.06. The molecular weight excluding hydrogens is 270 g/mol. The fraction of sp³-hybridized carbons (Fsp3) is 0.636. The lowest BCUT2D eigenvalue weighted by molar-refractivity contribution is 0.0691. The summed E-state index contributed by atoms with van der Waals surface area (Å²) in [6.07, 6.45) is 2.05. The van der Waals surface area contributed by atoms with Gasteiger partial charge in [-0.2, -0.15) is 9.40 Å². The first-order chi connectivity index (χ1) is 8.87. The zero-order chi connectivity index (χ0) is 14.2. The maximum atomic E-state index is 12.4. The molecule has 0 aromatic carbocycles. The van der Waals surface area contributed by atoms with Crippen LogP contribution >= 0.6 is 0 Å². The van der Waals surface area contributed by atoms with Crippen LogP contribution in [-0.2, 0) is 10.0 Å². The zero-order valence-corrected chi connectivity index (χ0v) is 11.7. The minimum Gasteiger partial charge on any atom is -0.478 e. The third-order valence-corrected chi connectivity index (χ3v) is 5.09. The molecule has 106 valence electrons. The molecule has 0 aliphatic heterocycles. The van der Waals surface area contributed by atoms with E-state index in [0.717, 1.165) is 12.8 Å². The van der Waals surface area contributed by atoms with Crippen molar-refractivity contribution in [2.75, 3.05) is 13.1 Å². The number of aromatic amines is 1. The molecule has 0 saturated heterocycles. The van der Waals surface area contributed by atoms with Crippen LogP contribution in [0.1, 0.15) is 35.8 Å². The van der Waals surface area contributed by atoms with Crippen molar-refractivity contribution in [3.63, 3.8) is 0 Å². The standard InChI is InChI=1S/C11H17N3O4S/c1-3-14(6-8-4-5-8)19(17,18)10-9(11(15)16)7(2)12-13-10/h8H,3-6H2,1-2H3,(H,12,13)(H,15,16). The minimum absolute atomic E-state index is 0.244. The monoisotopic (exact) mass is 287 g/mol. The lowest BCUT2D eigenvalue weighted by Crippen LogP contribution is -2.34. The van der Waals surface area contributed by atoms with Gasteiger partial charge in [-0.1, -0.05) is 6.92 Å². The molecule has 1 aromatic rings. The van der Waals surface area contributed by atoms with E-state index >= 15 is 0 Å². The Labute approximate surface area is 111 Å². The number of sulfonamides is 1. The summed E-state index contributed by atoms with van der Waals surface area (Å²) in [4.78, 5) is 11.2. The Morgan fingerprint density at radius 1 is 1.53 bits per heavy atom. The van der Waals surface area contributed by atoms with E-state index in [4.69, 9.17) is 5.11 Å². The SMILES string of the molecule is CCN(CC1CC1)S(=O)(=O)c1n[nH]c(C)c1C(=O)O. The van der Waals surface area contributed by atoms with Gasteiger partial charge in [0.25, 0.3) is 10.0 Å². The fourth-order valence-corrected chi connectivity index (χ4v) is 3.60. The molecule has 8 heteroatoms. The van der Waals surface area contributed by atoms with Crippen molar-refractivity contribution in [1.29, 1.82) is 0 Å². The van der Waals surface area contributed by atoms with Gasteiger partial charge in [-0.05, 0) is 25.7 Å². The molecule has 0 atom stereocenters. The number of aryl methyl sites for hydroxylation is 1. The molecule has 2 rings (SSSR count). The maximum absolute atomic E-state index is 12.4. The number of carboxylic acid groups (broad SMARTS) is 1. The molecular formula is C11H17N3O4S. The Morgan fingerprint density at radius 2 is 2.16 bits per heavy atom. The predicted molar refractivity (Wildman–Crippen MR) is 67.4 cm³/mol. The molecule has 0 unspecified atom stereocenters. The Bertz CT molecular complexity index is 589. The van der Waals surface area contributed by atoms with E-state index in [1.165, 1.54) is 11.2 Å². The summed E-state index contributed by atoms with van der Waals surface area (Å²) in [7, 11) is -3.85. The van der Waals surface area contributed by atoms with Crippen molar-refractivity contribution in [2.24, 2.45) is 5.92 Å². The van der Waals surface area contributed by atoms with Crippen LogP contribution in [0.3, 0.4) is 0 Å². The largest absolute Gasteiger partial charge is 0.478 e. The molecule has 1 aliphatic rings. The number of aromatic carboxylic acids is 1. The third-order valence-electron chi connectivity index (χ3n) is 3.22. The molecule has 1 fully saturated rings. The number of rotatable bonds is 6. The van der Waals surface area contributed by atoms with Crippen LogP contribution in [0.4, 0.5) is 0 Å². The van der Waals surface area contributed by atoms with Gasteiger partial charge < -0.3 is 5.11 Å². The highest BCUT2D eigenvalue weighted by Crippen LogP contribution is 2.31. The molecule has 0 bridgehead atoms. The number of carboxylic acids is 1. The maximum Gasteiger partial charge on any atom is 0.340 e. The second-order valence-electron chi connectivity index (χ2n) is 4.73. The highest BCUT2D eigenvalue weighted by atomic mass is 32.2. The molecule has 0 radical (unpaired) electrons. The van der Waals surface area contributed by atoms with Crippen LogP contribution in [0.5, 0.6) is 0 Å². The van der Waals surface area contributed by atoms with Crippen LogP contribution < -0.4 is 0 Å². The number of nitrogens with zero attached hydrogens (tertiary/aromatic N) is 2. The first kappa shape index (κ1) is 14.0. The predicted octanol–water partition coefficient (Wildman–Crippen LogP) is 0.837. The molecule has 7 nitrogen and oxygen atoms in total. The van der Waals surface area contributed by atoms with Crippen molar-refractivity contribution in [3.05, 3.63) is 11.3 Å². The van der Waals surface area contributed by atoms with Crippen molar-refractivity contribution in [2.45, 2.75) is 31.7 Å². The van der Waals surface area contributed by atoms with Gasteiger partial charge >= 0.3 is 5.97 Å². The van der Waals surface area contributed by atoms with Gasteiger partial charge in [0, 0.05) is 18.8 Å². The normalized spacial score (nSPS) is 15.9.